The van der Waals surface area contributed by atoms with Gasteiger partial charge in [-0.3, -0.25) is 0 Å². The molecule has 1 aliphatic heterocycles. The number of nitrogens with two attached hydrogens (primary N) is 1. The van der Waals surface area contributed by atoms with Crippen molar-refractivity contribution < 1.29 is 5.11 Å². The number of nitrogen functional groups attached to an aromatic ring is 1. The van der Waals surface area contributed by atoms with Gasteiger partial charge in [0.05, 0.1) is 6.10 Å². The van der Waals surface area contributed by atoms with E-state index in [4.69, 9.17) is 5.73 Å². The van der Waals surface area contributed by atoms with Crippen molar-refractivity contribution in [3.63, 3.8) is 0 Å². The molecule has 0 saturated carbocycles. The van der Waals surface area contributed by atoms with E-state index in [1.54, 1.807) is 6.07 Å². The number of aliphatic hydroxyl groups is 1. The highest BCUT2D eigenvalue weighted by atomic mass is 16.3. The summed E-state index contributed by atoms with van der Waals surface area (Å²) >= 11 is 0. The van der Waals surface area contributed by atoms with Crippen LogP contribution in [0.25, 0.3) is 0 Å². The first-order valence-electron chi connectivity index (χ1n) is 5.82. The van der Waals surface area contributed by atoms with Gasteiger partial charge in [-0.05, 0) is 37.8 Å². The normalized spacial score (nSPS) is 19.8. The van der Waals surface area contributed by atoms with Crippen LogP contribution in [0, 0.1) is 5.92 Å². The Hall–Kier alpha value is -1.29. The number of pyridine rings is 1. The molecular formula is C12H19N3O. The Bertz CT molecular complexity index is 346. The van der Waals surface area contributed by atoms with E-state index in [0.29, 0.717) is 11.7 Å². The van der Waals surface area contributed by atoms with Gasteiger partial charge in [-0.25, -0.2) is 4.98 Å². The van der Waals surface area contributed by atoms with Crippen molar-refractivity contribution in [3.05, 3.63) is 18.2 Å². The summed E-state index contributed by atoms with van der Waals surface area (Å²) in [5.41, 5.74) is 5.66. The van der Waals surface area contributed by atoms with E-state index in [2.05, 4.69) is 9.88 Å². The van der Waals surface area contributed by atoms with Gasteiger partial charge in [-0.2, -0.15) is 0 Å². The molecule has 1 saturated heterocycles. The Balaban J connectivity index is 1.99. The Morgan fingerprint density at radius 2 is 2.12 bits per heavy atom. The molecule has 4 nitrogen and oxygen atoms in total. The summed E-state index contributed by atoms with van der Waals surface area (Å²) in [6.45, 7) is 3.77. The molecule has 4 heteroatoms. The molecule has 1 aromatic heterocycles. The van der Waals surface area contributed by atoms with Gasteiger partial charge in [0.1, 0.15) is 11.6 Å². The highest BCUT2D eigenvalue weighted by molar-refractivity contribution is 5.44. The predicted octanol–water partition coefficient (Wildman–Crippen LogP) is 1.26. The molecule has 0 aliphatic carbocycles. The van der Waals surface area contributed by atoms with Crippen molar-refractivity contribution in [2.45, 2.75) is 25.9 Å². The van der Waals surface area contributed by atoms with E-state index >= 15 is 0 Å². The molecule has 2 rings (SSSR count). The smallest absolute Gasteiger partial charge is 0.130 e. The lowest BCUT2D eigenvalue weighted by atomic mass is 9.92. The molecule has 1 aromatic rings. The molecule has 3 N–H and O–H groups in total. The summed E-state index contributed by atoms with van der Waals surface area (Å²) in [5, 5.41) is 9.52. The Morgan fingerprint density at radius 1 is 1.44 bits per heavy atom. The minimum atomic E-state index is -0.198. The molecule has 0 spiro atoms. The van der Waals surface area contributed by atoms with Crippen molar-refractivity contribution in [2.75, 3.05) is 23.7 Å². The van der Waals surface area contributed by atoms with Crippen LogP contribution in [-0.2, 0) is 0 Å². The predicted molar refractivity (Wildman–Crippen MR) is 65.3 cm³/mol. The maximum absolute atomic E-state index is 9.52. The van der Waals surface area contributed by atoms with Crippen LogP contribution in [0.3, 0.4) is 0 Å². The summed E-state index contributed by atoms with van der Waals surface area (Å²) in [6, 6.07) is 5.71. The SMILES string of the molecule is CC(O)C1CCN(c2cccc(N)n2)CC1. The lowest BCUT2D eigenvalue weighted by Crippen LogP contribution is -2.37. The number of hydrogen-bond donors (Lipinski definition) is 2. The average Bonchev–Trinajstić information content (AvgIpc) is 2.29. The fourth-order valence-electron chi connectivity index (χ4n) is 2.23. The fourth-order valence-corrected chi connectivity index (χ4v) is 2.23. The first-order chi connectivity index (χ1) is 7.66. The highest BCUT2D eigenvalue weighted by Crippen LogP contribution is 2.24. The molecule has 0 radical (unpaired) electrons. The Morgan fingerprint density at radius 3 is 2.69 bits per heavy atom. The molecule has 1 atom stereocenters. The number of rotatable bonds is 2. The highest BCUT2D eigenvalue weighted by Gasteiger charge is 2.23. The molecule has 1 aliphatic rings. The van der Waals surface area contributed by atoms with Crippen LogP contribution in [0.5, 0.6) is 0 Å². The molecular weight excluding hydrogens is 202 g/mol. The van der Waals surface area contributed by atoms with Crippen LogP contribution in [0.15, 0.2) is 18.2 Å². The van der Waals surface area contributed by atoms with Crippen LogP contribution >= 0.6 is 0 Å². The van der Waals surface area contributed by atoms with Crippen LogP contribution in [0.1, 0.15) is 19.8 Å². The summed E-state index contributed by atoms with van der Waals surface area (Å²) in [6.07, 6.45) is 1.85. The zero-order valence-corrected chi connectivity index (χ0v) is 9.63. The van der Waals surface area contributed by atoms with Crippen molar-refractivity contribution in [1.29, 1.82) is 0 Å². The van der Waals surface area contributed by atoms with E-state index in [1.165, 1.54) is 0 Å². The van der Waals surface area contributed by atoms with Crippen molar-refractivity contribution in [2.24, 2.45) is 5.92 Å². The van der Waals surface area contributed by atoms with Gasteiger partial charge in [0, 0.05) is 13.1 Å². The molecule has 0 aromatic carbocycles. The zero-order valence-electron chi connectivity index (χ0n) is 9.63. The van der Waals surface area contributed by atoms with Crippen molar-refractivity contribution >= 4 is 11.6 Å². The average molecular weight is 221 g/mol. The quantitative estimate of drug-likeness (QED) is 0.789. The van der Waals surface area contributed by atoms with Crippen LogP contribution < -0.4 is 10.6 Å². The van der Waals surface area contributed by atoms with E-state index < -0.39 is 0 Å². The van der Waals surface area contributed by atoms with Gasteiger partial charge in [-0.1, -0.05) is 6.07 Å². The third-order valence-corrected chi connectivity index (χ3v) is 3.30. The van der Waals surface area contributed by atoms with Gasteiger partial charge >= 0.3 is 0 Å². The van der Waals surface area contributed by atoms with E-state index in [0.717, 1.165) is 31.7 Å². The Labute approximate surface area is 96.1 Å². The van der Waals surface area contributed by atoms with Crippen LogP contribution in [-0.4, -0.2) is 29.3 Å². The topological polar surface area (TPSA) is 62.4 Å². The number of nitrogens with zero attached hydrogens (tertiary/aromatic N) is 2. The second kappa shape index (κ2) is 4.70. The number of aromatic nitrogens is 1. The lowest BCUT2D eigenvalue weighted by Gasteiger charge is -2.34. The first kappa shape index (κ1) is 11.2. The number of aliphatic hydroxyl groups excluding tert-OH is 1. The molecule has 2 heterocycles. The van der Waals surface area contributed by atoms with Gasteiger partial charge in [-0.15, -0.1) is 0 Å². The van der Waals surface area contributed by atoms with Gasteiger partial charge in [0.25, 0.3) is 0 Å². The van der Waals surface area contributed by atoms with Crippen LogP contribution in [0.4, 0.5) is 11.6 Å². The number of hydrogen-bond acceptors (Lipinski definition) is 4. The molecule has 88 valence electrons. The van der Waals surface area contributed by atoms with Gasteiger partial charge in [0.2, 0.25) is 0 Å². The molecule has 1 fully saturated rings. The molecule has 16 heavy (non-hydrogen) atoms. The number of piperidine rings is 1. The van der Waals surface area contributed by atoms with Crippen molar-refractivity contribution in [1.82, 2.24) is 4.98 Å². The van der Waals surface area contributed by atoms with Gasteiger partial charge in [0.15, 0.2) is 0 Å². The summed E-state index contributed by atoms with van der Waals surface area (Å²) in [5.74, 6) is 1.94. The van der Waals surface area contributed by atoms with E-state index in [1.807, 2.05) is 19.1 Å². The first-order valence-corrected chi connectivity index (χ1v) is 5.82. The number of anilines is 2. The zero-order chi connectivity index (χ0) is 11.5. The van der Waals surface area contributed by atoms with Gasteiger partial charge < -0.3 is 15.7 Å². The summed E-state index contributed by atoms with van der Waals surface area (Å²) < 4.78 is 0. The van der Waals surface area contributed by atoms with Crippen molar-refractivity contribution in [3.8, 4) is 0 Å². The fraction of sp³-hybridized carbons (Fsp3) is 0.583. The summed E-state index contributed by atoms with van der Waals surface area (Å²) in [7, 11) is 0. The minimum Gasteiger partial charge on any atom is -0.393 e. The minimum absolute atomic E-state index is 0.198. The summed E-state index contributed by atoms with van der Waals surface area (Å²) in [4.78, 5) is 6.54. The standard InChI is InChI=1S/C12H19N3O/c1-9(16)10-5-7-15(8-6-10)12-4-2-3-11(13)14-12/h2-4,9-10,16H,5-8H2,1H3,(H2,13,14). The second-order valence-electron chi connectivity index (χ2n) is 4.49. The molecule has 0 bridgehead atoms. The third-order valence-electron chi connectivity index (χ3n) is 3.30. The molecule has 1 unspecified atom stereocenters. The lowest BCUT2D eigenvalue weighted by molar-refractivity contribution is 0.110. The second-order valence-corrected chi connectivity index (χ2v) is 4.49. The largest absolute Gasteiger partial charge is 0.393 e. The van der Waals surface area contributed by atoms with E-state index in [9.17, 15) is 5.11 Å². The third kappa shape index (κ3) is 2.44. The van der Waals surface area contributed by atoms with E-state index in [-0.39, 0.29) is 6.10 Å². The Kier molecular flexibility index (Phi) is 3.29. The van der Waals surface area contributed by atoms with Crippen LogP contribution in [0.2, 0.25) is 0 Å². The maximum atomic E-state index is 9.52. The maximum Gasteiger partial charge on any atom is 0.130 e. The monoisotopic (exact) mass is 221 g/mol. The molecule has 0 amide bonds.